The van der Waals surface area contributed by atoms with Gasteiger partial charge in [0.25, 0.3) is 0 Å². The Morgan fingerprint density at radius 1 is 1.46 bits per heavy atom. The summed E-state index contributed by atoms with van der Waals surface area (Å²) in [6.45, 7) is 0. The third kappa shape index (κ3) is 2.95. The van der Waals surface area contributed by atoms with Crippen molar-refractivity contribution in [2.75, 3.05) is 0 Å². The summed E-state index contributed by atoms with van der Waals surface area (Å²) in [5, 5.41) is 8.43. The monoisotopic (exact) mass is 194 g/mol. The van der Waals surface area contributed by atoms with Gasteiger partial charge in [-0.25, -0.2) is 4.79 Å². The fraction of sp³-hybridized carbons (Fsp3) is 0.100. The van der Waals surface area contributed by atoms with Crippen LogP contribution in [-0.4, -0.2) is 11.1 Å². The minimum atomic E-state index is -0.936. The Morgan fingerprint density at radius 3 is 2.77 bits per heavy atom. The Balaban J connectivity index is 2.93. The zero-order chi connectivity index (χ0) is 9.68. The van der Waals surface area contributed by atoms with Crippen LogP contribution in [0.25, 0.3) is 6.08 Å². The highest BCUT2D eigenvalue weighted by atomic mass is 32.1. The molecule has 0 bridgehead atoms. The van der Waals surface area contributed by atoms with Gasteiger partial charge in [0.15, 0.2) is 0 Å². The maximum absolute atomic E-state index is 10.3. The molecule has 0 atom stereocenters. The van der Waals surface area contributed by atoms with E-state index in [-0.39, 0.29) is 0 Å². The summed E-state index contributed by atoms with van der Waals surface area (Å²) >= 11 is 4.14. The minimum absolute atomic E-state index is 0.611. The van der Waals surface area contributed by atoms with E-state index < -0.39 is 5.97 Å². The minimum Gasteiger partial charge on any atom is -0.478 e. The number of rotatable bonds is 3. The summed E-state index contributed by atoms with van der Waals surface area (Å²) in [7, 11) is 0. The number of hydrogen-bond acceptors (Lipinski definition) is 2. The first-order valence-corrected chi connectivity index (χ1v) is 4.47. The van der Waals surface area contributed by atoms with Crippen molar-refractivity contribution >= 4 is 24.7 Å². The first-order chi connectivity index (χ1) is 6.24. The molecule has 0 aliphatic rings. The van der Waals surface area contributed by atoms with Crippen LogP contribution >= 0.6 is 12.6 Å². The first kappa shape index (κ1) is 9.86. The van der Waals surface area contributed by atoms with Crippen LogP contribution < -0.4 is 0 Å². The van der Waals surface area contributed by atoms with Crippen LogP contribution in [0.3, 0.4) is 0 Å². The zero-order valence-electron chi connectivity index (χ0n) is 6.97. The standard InChI is InChI=1S/C10H10O2S/c11-10(12)6-5-8-3-1-2-4-9(8)7-13/h1-6,13H,7H2,(H,11,12)/b6-5+. The molecule has 0 aliphatic heterocycles. The van der Waals surface area contributed by atoms with E-state index in [2.05, 4.69) is 12.6 Å². The third-order valence-electron chi connectivity index (χ3n) is 1.63. The normalized spacial score (nSPS) is 10.5. The number of carbonyl (C=O) groups is 1. The van der Waals surface area contributed by atoms with Crippen molar-refractivity contribution in [3.8, 4) is 0 Å². The van der Waals surface area contributed by atoms with Crippen LogP contribution in [0.2, 0.25) is 0 Å². The molecule has 68 valence electrons. The van der Waals surface area contributed by atoms with Crippen LogP contribution in [0.4, 0.5) is 0 Å². The first-order valence-electron chi connectivity index (χ1n) is 3.84. The summed E-state index contributed by atoms with van der Waals surface area (Å²) in [5.74, 6) is -0.325. The van der Waals surface area contributed by atoms with Crippen molar-refractivity contribution in [1.29, 1.82) is 0 Å². The van der Waals surface area contributed by atoms with Crippen molar-refractivity contribution in [3.05, 3.63) is 41.5 Å². The van der Waals surface area contributed by atoms with Gasteiger partial charge in [0.2, 0.25) is 0 Å². The van der Waals surface area contributed by atoms with E-state index in [0.717, 1.165) is 17.2 Å². The summed E-state index contributed by atoms with van der Waals surface area (Å²) in [6.07, 6.45) is 2.70. The Labute approximate surface area is 82.3 Å². The molecule has 1 N–H and O–H groups in total. The fourth-order valence-corrected chi connectivity index (χ4v) is 1.29. The van der Waals surface area contributed by atoms with Crippen molar-refractivity contribution in [2.24, 2.45) is 0 Å². The molecule has 13 heavy (non-hydrogen) atoms. The molecule has 0 saturated heterocycles. The second kappa shape index (κ2) is 4.72. The van der Waals surface area contributed by atoms with Crippen LogP contribution in [0, 0.1) is 0 Å². The Hall–Kier alpha value is -1.22. The van der Waals surface area contributed by atoms with E-state index in [9.17, 15) is 4.79 Å². The van der Waals surface area contributed by atoms with Gasteiger partial charge in [0.05, 0.1) is 0 Å². The number of carboxylic acids is 1. The van der Waals surface area contributed by atoms with Gasteiger partial charge in [0.1, 0.15) is 0 Å². The molecule has 2 nitrogen and oxygen atoms in total. The molecule has 0 heterocycles. The molecule has 0 saturated carbocycles. The molecule has 0 amide bonds. The second-order valence-electron chi connectivity index (χ2n) is 2.53. The molecule has 0 radical (unpaired) electrons. The van der Waals surface area contributed by atoms with Gasteiger partial charge in [-0.1, -0.05) is 24.3 Å². The Morgan fingerprint density at radius 2 is 2.15 bits per heavy atom. The summed E-state index contributed by atoms with van der Waals surface area (Å²) in [4.78, 5) is 10.3. The molecule has 1 aromatic rings. The van der Waals surface area contributed by atoms with Crippen molar-refractivity contribution in [3.63, 3.8) is 0 Å². The molecule has 0 fully saturated rings. The largest absolute Gasteiger partial charge is 0.478 e. The lowest BCUT2D eigenvalue weighted by Gasteiger charge is -2.00. The SMILES string of the molecule is O=C(O)/C=C/c1ccccc1CS. The van der Waals surface area contributed by atoms with Crippen LogP contribution in [-0.2, 0) is 10.5 Å². The van der Waals surface area contributed by atoms with Crippen LogP contribution in [0.1, 0.15) is 11.1 Å². The summed E-state index contributed by atoms with van der Waals surface area (Å²) in [6, 6.07) is 7.57. The lowest BCUT2D eigenvalue weighted by atomic mass is 10.1. The maximum atomic E-state index is 10.3. The number of thiol groups is 1. The average molecular weight is 194 g/mol. The molecule has 0 aliphatic carbocycles. The Kier molecular flexibility index (Phi) is 3.58. The van der Waals surface area contributed by atoms with E-state index >= 15 is 0 Å². The molecular formula is C10H10O2S. The highest BCUT2D eigenvalue weighted by Crippen LogP contribution is 2.12. The quantitative estimate of drug-likeness (QED) is 0.572. The highest BCUT2D eigenvalue weighted by molar-refractivity contribution is 7.79. The van der Waals surface area contributed by atoms with Gasteiger partial charge in [-0.05, 0) is 17.2 Å². The second-order valence-corrected chi connectivity index (χ2v) is 2.84. The number of aliphatic carboxylic acids is 1. The molecule has 1 rings (SSSR count). The zero-order valence-corrected chi connectivity index (χ0v) is 7.87. The predicted molar refractivity (Wildman–Crippen MR) is 55.8 cm³/mol. The van der Waals surface area contributed by atoms with Crippen molar-refractivity contribution < 1.29 is 9.90 Å². The van der Waals surface area contributed by atoms with Gasteiger partial charge >= 0.3 is 5.97 Å². The molecule has 1 aromatic carbocycles. The maximum Gasteiger partial charge on any atom is 0.328 e. The van der Waals surface area contributed by atoms with Gasteiger partial charge in [-0.2, -0.15) is 12.6 Å². The Bertz CT molecular complexity index is 331. The van der Waals surface area contributed by atoms with E-state index in [0.29, 0.717) is 5.75 Å². The predicted octanol–water partition coefficient (Wildman–Crippen LogP) is 2.21. The highest BCUT2D eigenvalue weighted by Gasteiger charge is 1.95. The number of hydrogen-bond donors (Lipinski definition) is 2. The van der Waals surface area contributed by atoms with Crippen molar-refractivity contribution in [1.82, 2.24) is 0 Å². The van der Waals surface area contributed by atoms with Gasteiger partial charge in [0, 0.05) is 11.8 Å². The number of carboxylic acid groups (broad SMARTS) is 1. The lowest BCUT2D eigenvalue weighted by molar-refractivity contribution is -0.131. The van der Waals surface area contributed by atoms with Gasteiger partial charge < -0.3 is 5.11 Å². The van der Waals surface area contributed by atoms with E-state index in [1.54, 1.807) is 6.08 Å². The summed E-state index contributed by atoms with van der Waals surface area (Å²) < 4.78 is 0. The fourth-order valence-electron chi connectivity index (χ4n) is 1.00. The molecule has 3 heteroatoms. The molecule has 0 aromatic heterocycles. The van der Waals surface area contributed by atoms with E-state index in [1.165, 1.54) is 0 Å². The van der Waals surface area contributed by atoms with Crippen molar-refractivity contribution in [2.45, 2.75) is 5.75 Å². The molecule has 0 unspecified atom stereocenters. The van der Waals surface area contributed by atoms with Crippen LogP contribution in [0.15, 0.2) is 30.3 Å². The van der Waals surface area contributed by atoms with Gasteiger partial charge in [-0.3, -0.25) is 0 Å². The van der Waals surface area contributed by atoms with E-state index in [4.69, 9.17) is 5.11 Å². The summed E-state index contributed by atoms with van der Waals surface area (Å²) in [5.41, 5.74) is 1.93. The lowest BCUT2D eigenvalue weighted by Crippen LogP contribution is -1.88. The van der Waals surface area contributed by atoms with Crippen LogP contribution in [0.5, 0.6) is 0 Å². The smallest absolute Gasteiger partial charge is 0.328 e. The molecule has 0 spiro atoms. The van der Waals surface area contributed by atoms with Gasteiger partial charge in [-0.15, -0.1) is 0 Å². The number of benzene rings is 1. The topological polar surface area (TPSA) is 37.3 Å². The average Bonchev–Trinajstić information content (AvgIpc) is 2.15. The third-order valence-corrected chi connectivity index (χ3v) is 1.97. The molecular weight excluding hydrogens is 184 g/mol. The van der Waals surface area contributed by atoms with E-state index in [1.807, 2.05) is 24.3 Å².